The summed E-state index contributed by atoms with van der Waals surface area (Å²) < 4.78 is 12.2. The highest BCUT2D eigenvalue weighted by Crippen LogP contribution is 2.25. The van der Waals surface area contributed by atoms with Crippen molar-refractivity contribution in [3.8, 4) is 0 Å². The molecule has 1 unspecified atom stereocenters. The number of hydrogen-bond donors (Lipinski definition) is 2. The van der Waals surface area contributed by atoms with E-state index in [-0.39, 0.29) is 17.7 Å². The van der Waals surface area contributed by atoms with E-state index in [9.17, 15) is 9.00 Å². The van der Waals surface area contributed by atoms with Gasteiger partial charge in [0, 0.05) is 11.7 Å². The second-order valence-corrected chi connectivity index (χ2v) is 6.85. The predicted molar refractivity (Wildman–Crippen MR) is 82.2 cm³/mol. The summed E-state index contributed by atoms with van der Waals surface area (Å²) in [6, 6.07) is 5.18. The molecule has 0 aromatic heterocycles. The first-order chi connectivity index (χ1) is 9.58. The number of carbonyl (C=O) groups excluding carboxylic acids is 1. The number of rotatable bonds is 4. The number of nitrogens with one attached hydrogen (secondary N) is 1. The van der Waals surface area contributed by atoms with Gasteiger partial charge in [0.2, 0.25) is 5.91 Å². The van der Waals surface area contributed by atoms with E-state index in [1.807, 2.05) is 0 Å². The highest BCUT2D eigenvalue weighted by atomic mass is 35.5. The van der Waals surface area contributed by atoms with Crippen LogP contribution in [-0.4, -0.2) is 21.9 Å². The molecule has 110 valence electrons. The van der Waals surface area contributed by atoms with Gasteiger partial charge in [0.1, 0.15) is 5.75 Å². The average Bonchev–Trinajstić information content (AvgIpc) is 2.39. The molecule has 0 heterocycles. The van der Waals surface area contributed by atoms with Crippen LogP contribution in [0, 0.1) is 0 Å². The molecule has 1 atom stereocenters. The van der Waals surface area contributed by atoms with Crippen molar-refractivity contribution in [2.75, 3.05) is 11.5 Å². The molecular weight excluding hydrogens is 296 g/mol. The van der Waals surface area contributed by atoms with E-state index >= 15 is 0 Å². The first-order valence-electron chi connectivity index (χ1n) is 6.79. The maximum atomic E-state index is 12.2. The molecule has 1 aromatic carbocycles. The summed E-state index contributed by atoms with van der Waals surface area (Å²) >= 11 is 5.99. The topological polar surface area (TPSA) is 72.2 Å². The molecule has 6 heteroatoms. The number of amides is 1. The third-order valence-electron chi connectivity index (χ3n) is 3.46. The van der Waals surface area contributed by atoms with Gasteiger partial charge >= 0.3 is 0 Å². The fourth-order valence-corrected chi connectivity index (χ4v) is 4.00. The fourth-order valence-electron chi connectivity index (χ4n) is 2.47. The quantitative estimate of drug-likeness (QED) is 0.839. The Hall–Kier alpha value is -1.07. The highest BCUT2D eigenvalue weighted by molar-refractivity contribution is 7.86. The monoisotopic (exact) mass is 314 g/mol. The lowest BCUT2D eigenvalue weighted by Gasteiger charge is -2.22. The SMILES string of the molecule is Nc1cccc(Cl)c1S(=O)CC(=O)NC1CCCCC1. The van der Waals surface area contributed by atoms with E-state index in [4.69, 9.17) is 17.3 Å². The zero-order valence-electron chi connectivity index (χ0n) is 11.2. The van der Waals surface area contributed by atoms with E-state index in [0.29, 0.717) is 15.6 Å². The number of halogens is 1. The minimum Gasteiger partial charge on any atom is -0.398 e. The summed E-state index contributed by atoms with van der Waals surface area (Å²) in [7, 11) is -1.51. The molecule has 1 saturated carbocycles. The lowest BCUT2D eigenvalue weighted by Crippen LogP contribution is -2.38. The van der Waals surface area contributed by atoms with Crippen LogP contribution in [0.4, 0.5) is 5.69 Å². The van der Waals surface area contributed by atoms with Crippen LogP contribution in [0.5, 0.6) is 0 Å². The van der Waals surface area contributed by atoms with Crippen molar-refractivity contribution in [1.29, 1.82) is 0 Å². The van der Waals surface area contributed by atoms with Gasteiger partial charge in [-0.15, -0.1) is 0 Å². The van der Waals surface area contributed by atoms with Crippen molar-refractivity contribution >= 4 is 34.0 Å². The Bertz CT molecular complexity index is 496. The van der Waals surface area contributed by atoms with E-state index < -0.39 is 10.8 Å². The molecule has 0 radical (unpaired) electrons. The maximum absolute atomic E-state index is 12.2. The van der Waals surface area contributed by atoms with Gasteiger partial charge in [-0.1, -0.05) is 36.9 Å². The van der Waals surface area contributed by atoms with Crippen LogP contribution in [0.15, 0.2) is 23.1 Å². The van der Waals surface area contributed by atoms with E-state index in [2.05, 4.69) is 5.32 Å². The molecule has 20 heavy (non-hydrogen) atoms. The van der Waals surface area contributed by atoms with Gasteiger partial charge in [0.15, 0.2) is 0 Å². The standard InChI is InChI=1S/C14H19ClN2O2S/c15-11-7-4-8-12(16)14(11)20(19)9-13(18)17-10-5-2-1-3-6-10/h4,7-8,10H,1-3,5-6,9,16H2,(H,17,18). The summed E-state index contributed by atoms with van der Waals surface area (Å²) in [6.45, 7) is 0. The Kier molecular flexibility index (Phi) is 5.43. The van der Waals surface area contributed by atoms with Crippen LogP contribution >= 0.6 is 11.6 Å². The second kappa shape index (κ2) is 7.09. The fraction of sp³-hybridized carbons (Fsp3) is 0.500. The highest BCUT2D eigenvalue weighted by Gasteiger charge is 2.19. The van der Waals surface area contributed by atoms with Crippen LogP contribution in [0.25, 0.3) is 0 Å². The van der Waals surface area contributed by atoms with E-state index in [1.165, 1.54) is 6.42 Å². The largest absolute Gasteiger partial charge is 0.398 e. The van der Waals surface area contributed by atoms with Crippen molar-refractivity contribution in [3.05, 3.63) is 23.2 Å². The average molecular weight is 315 g/mol. The van der Waals surface area contributed by atoms with Gasteiger partial charge in [-0.3, -0.25) is 9.00 Å². The molecule has 1 fully saturated rings. The van der Waals surface area contributed by atoms with Crippen LogP contribution in [0.1, 0.15) is 32.1 Å². The molecule has 1 aliphatic rings. The normalized spacial score (nSPS) is 17.6. The first kappa shape index (κ1) is 15.3. The van der Waals surface area contributed by atoms with Crippen molar-refractivity contribution in [2.24, 2.45) is 0 Å². The minimum absolute atomic E-state index is 0.0928. The van der Waals surface area contributed by atoms with Crippen molar-refractivity contribution in [3.63, 3.8) is 0 Å². The first-order valence-corrected chi connectivity index (χ1v) is 8.49. The van der Waals surface area contributed by atoms with Gasteiger partial charge in [0.05, 0.1) is 20.7 Å². The van der Waals surface area contributed by atoms with Gasteiger partial charge in [0.25, 0.3) is 0 Å². The Morgan fingerprint density at radius 1 is 1.35 bits per heavy atom. The lowest BCUT2D eigenvalue weighted by atomic mass is 9.95. The van der Waals surface area contributed by atoms with E-state index in [1.54, 1.807) is 18.2 Å². The lowest BCUT2D eigenvalue weighted by molar-refractivity contribution is -0.119. The minimum atomic E-state index is -1.51. The summed E-state index contributed by atoms with van der Waals surface area (Å²) in [6.07, 6.45) is 5.53. The number of benzene rings is 1. The molecule has 1 aromatic rings. The molecule has 0 bridgehead atoms. The number of anilines is 1. The van der Waals surface area contributed by atoms with E-state index in [0.717, 1.165) is 25.7 Å². The van der Waals surface area contributed by atoms with Gasteiger partial charge < -0.3 is 11.1 Å². The van der Waals surface area contributed by atoms with Crippen molar-refractivity contribution in [1.82, 2.24) is 5.32 Å². The number of carbonyl (C=O) groups is 1. The second-order valence-electron chi connectivity index (χ2n) is 5.05. The molecule has 1 amide bonds. The molecule has 3 N–H and O–H groups in total. The third kappa shape index (κ3) is 3.96. The summed E-state index contributed by atoms with van der Waals surface area (Å²) in [5.41, 5.74) is 6.14. The van der Waals surface area contributed by atoms with Crippen molar-refractivity contribution in [2.45, 2.75) is 43.0 Å². The van der Waals surface area contributed by atoms with Crippen LogP contribution in [-0.2, 0) is 15.6 Å². The summed E-state index contributed by atoms with van der Waals surface area (Å²) in [5, 5.41) is 3.28. The predicted octanol–water partition coefficient (Wildman–Crippen LogP) is 2.48. The molecule has 0 saturated heterocycles. The molecule has 2 rings (SSSR count). The van der Waals surface area contributed by atoms with Crippen molar-refractivity contribution < 1.29 is 9.00 Å². The summed E-state index contributed by atoms with van der Waals surface area (Å²) in [4.78, 5) is 12.3. The smallest absolute Gasteiger partial charge is 0.233 e. The third-order valence-corrected chi connectivity index (χ3v) is 5.32. The molecule has 1 aliphatic carbocycles. The zero-order chi connectivity index (χ0) is 14.5. The molecular formula is C14H19ClN2O2S. The Morgan fingerprint density at radius 3 is 2.70 bits per heavy atom. The number of nitrogens with two attached hydrogens (primary N) is 1. The van der Waals surface area contributed by atoms with Gasteiger partial charge in [-0.25, -0.2) is 0 Å². The maximum Gasteiger partial charge on any atom is 0.233 e. The van der Waals surface area contributed by atoms with Gasteiger partial charge in [-0.2, -0.15) is 0 Å². The number of hydrogen-bond acceptors (Lipinski definition) is 3. The van der Waals surface area contributed by atoms with Crippen LogP contribution in [0.3, 0.4) is 0 Å². The van der Waals surface area contributed by atoms with Crippen LogP contribution in [0.2, 0.25) is 5.02 Å². The molecule has 0 spiro atoms. The molecule has 4 nitrogen and oxygen atoms in total. The summed E-state index contributed by atoms with van der Waals surface area (Å²) in [5.74, 6) is -0.292. The molecule has 0 aliphatic heterocycles. The Morgan fingerprint density at radius 2 is 2.05 bits per heavy atom. The Balaban J connectivity index is 1.95. The van der Waals surface area contributed by atoms with Gasteiger partial charge in [-0.05, 0) is 25.0 Å². The Labute approximate surface area is 126 Å². The van der Waals surface area contributed by atoms with Crippen LogP contribution < -0.4 is 11.1 Å². The number of nitrogen functional groups attached to an aromatic ring is 1. The zero-order valence-corrected chi connectivity index (χ0v) is 12.8.